The first-order valence-electron chi connectivity index (χ1n) is 5.89. The Bertz CT molecular complexity index is 632. The predicted octanol–water partition coefficient (Wildman–Crippen LogP) is 2.52. The maximum Gasteiger partial charge on any atom is 0.433 e. The van der Waals surface area contributed by atoms with Crippen LogP contribution in [0.5, 0.6) is 0 Å². The van der Waals surface area contributed by atoms with E-state index in [-0.39, 0.29) is 17.6 Å². The Morgan fingerprint density at radius 1 is 1.25 bits per heavy atom. The summed E-state index contributed by atoms with van der Waals surface area (Å²) in [6.07, 6.45) is 2.65. The third kappa shape index (κ3) is 3.81. The number of nitrogens with zero attached hydrogens (tertiary/aromatic N) is 1. The van der Waals surface area contributed by atoms with E-state index in [1.54, 1.807) is 0 Å². The summed E-state index contributed by atoms with van der Waals surface area (Å²) >= 11 is 0. The van der Waals surface area contributed by atoms with E-state index >= 15 is 0 Å². The van der Waals surface area contributed by atoms with Crippen LogP contribution in [0, 0.1) is 10.1 Å². The molecule has 0 fully saturated rings. The highest BCUT2D eigenvalue weighted by atomic mass is 16.6. The van der Waals surface area contributed by atoms with Gasteiger partial charge in [0.15, 0.2) is 0 Å². The highest BCUT2D eigenvalue weighted by molar-refractivity contribution is 5.91. The number of hydrogen-bond acceptors (Lipinski definition) is 4. The summed E-state index contributed by atoms with van der Waals surface area (Å²) < 4.78 is 4.89. The van der Waals surface area contributed by atoms with Gasteiger partial charge < -0.3 is 9.73 Å². The Morgan fingerprint density at radius 2 is 2.00 bits per heavy atom. The molecule has 0 bridgehead atoms. The molecule has 102 valence electrons. The molecule has 0 saturated carbocycles. The summed E-state index contributed by atoms with van der Waals surface area (Å²) in [6.45, 7) is 0.419. The van der Waals surface area contributed by atoms with E-state index in [1.807, 2.05) is 30.3 Å². The summed E-state index contributed by atoms with van der Waals surface area (Å²) in [6, 6.07) is 12.1. The van der Waals surface area contributed by atoms with Crippen LogP contribution in [0.15, 0.2) is 53.0 Å². The predicted molar refractivity (Wildman–Crippen MR) is 72.7 cm³/mol. The molecule has 0 aliphatic heterocycles. The normalized spacial score (nSPS) is 10.6. The van der Waals surface area contributed by atoms with E-state index < -0.39 is 4.92 Å². The van der Waals surface area contributed by atoms with Crippen molar-refractivity contribution in [3.8, 4) is 0 Å². The number of nitrogens with one attached hydrogen (secondary N) is 1. The largest absolute Gasteiger partial charge is 0.433 e. The average Bonchev–Trinajstić information content (AvgIpc) is 2.93. The van der Waals surface area contributed by atoms with Crippen LogP contribution >= 0.6 is 0 Å². The third-order valence-electron chi connectivity index (χ3n) is 2.50. The molecule has 1 amide bonds. The highest BCUT2D eigenvalue weighted by Crippen LogP contribution is 2.16. The van der Waals surface area contributed by atoms with Gasteiger partial charge in [-0.1, -0.05) is 30.3 Å². The number of nitro groups is 1. The first-order valence-corrected chi connectivity index (χ1v) is 5.89. The van der Waals surface area contributed by atoms with Crippen molar-refractivity contribution in [1.82, 2.24) is 5.32 Å². The molecule has 2 aromatic rings. The highest BCUT2D eigenvalue weighted by Gasteiger charge is 2.09. The zero-order valence-corrected chi connectivity index (χ0v) is 10.5. The minimum atomic E-state index is -0.632. The fourth-order valence-electron chi connectivity index (χ4n) is 1.53. The molecule has 2 rings (SSSR count). The van der Waals surface area contributed by atoms with Gasteiger partial charge in [-0.25, -0.2) is 0 Å². The van der Waals surface area contributed by atoms with Gasteiger partial charge in [0.25, 0.3) is 0 Å². The minimum Gasteiger partial charge on any atom is -0.401 e. The molecule has 6 nitrogen and oxygen atoms in total. The van der Waals surface area contributed by atoms with Crippen LogP contribution in [-0.4, -0.2) is 10.8 Å². The minimum absolute atomic E-state index is 0.256. The Morgan fingerprint density at radius 3 is 2.65 bits per heavy atom. The second-order valence-corrected chi connectivity index (χ2v) is 3.97. The van der Waals surface area contributed by atoms with Crippen molar-refractivity contribution >= 4 is 17.9 Å². The van der Waals surface area contributed by atoms with Crippen molar-refractivity contribution in [3.63, 3.8) is 0 Å². The number of carbonyl (C=O) groups is 1. The van der Waals surface area contributed by atoms with Crippen LogP contribution in [0.3, 0.4) is 0 Å². The van der Waals surface area contributed by atoms with Crippen molar-refractivity contribution < 1.29 is 14.1 Å². The van der Waals surface area contributed by atoms with Gasteiger partial charge >= 0.3 is 5.88 Å². The summed E-state index contributed by atoms with van der Waals surface area (Å²) in [5.74, 6) is -0.395. The summed E-state index contributed by atoms with van der Waals surface area (Å²) in [5.41, 5.74) is 0.989. The molecule has 0 saturated heterocycles. The zero-order chi connectivity index (χ0) is 14.4. The maximum absolute atomic E-state index is 11.6. The molecular weight excluding hydrogens is 260 g/mol. The number of hydrogen-bond donors (Lipinski definition) is 1. The topological polar surface area (TPSA) is 85.4 Å². The molecule has 0 aliphatic carbocycles. The molecule has 1 aromatic heterocycles. The molecule has 1 heterocycles. The van der Waals surface area contributed by atoms with Crippen LogP contribution in [0.25, 0.3) is 6.08 Å². The Labute approximate surface area is 114 Å². The fraction of sp³-hybridized carbons (Fsp3) is 0.0714. The second kappa shape index (κ2) is 6.33. The lowest BCUT2D eigenvalue weighted by Crippen LogP contribution is -2.20. The van der Waals surface area contributed by atoms with Gasteiger partial charge in [-0.2, -0.15) is 0 Å². The quantitative estimate of drug-likeness (QED) is 0.515. The van der Waals surface area contributed by atoms with Gasteiger partial charge in [0.1, 0.15) is 10.7 Å². The third-order valence-corrected chi connectivity index (χ3v) is 2.50. The van der Waals surface area contributed by atoms with E-state index in [0.717, 1.165) is 5.56 Å². The van der Waals surface area contributed by atoms with Crippen molar-refractivity contribution in [2.24, 2.45) is 0 Å². The van der Waals surface area contributed by atoms with Crippen LogP contribution in [0.1, 0.15) is 11.3 Å². The number of rotatable bonds is 5. The van der Waals surface area contributed by atoms with Crippen LogP contribution in [0.4, 0.5) is 5.88 Å². The fourth-order valence-corrected chi connectivity index (χ4v) is 1.53. The SMILES string of the molecule is O=C(/C=C/c1ccc([N+](=O)[O-])o1)NCc1ccccc1. The van der Waals surface area contributed by atoms with Crippen molar-refractivity contribution in [2.75, 3.05) is 0 Å². The molecule has 0 spiro atoms. The average molecular weight is 272 g/mol. The standard InChI is InChI=1S/C14H12N2O4/c17-13(15-10-11-4-2-1-3-5-11)8-6-12-7-9-14(20-12)16(18)19/h1-9H,10H2,(H,15,17)/b8-6+. The van der Waals surface area contributed by atoms with Gasteiger partial charge in [0.2, 0.25) is 5.91 Å². The van der Waals surface area contributed by atoms with Crippen LogP contribution < -0.4 is 5.32 Å². The number of benzene rings is 1. The monoisotopic (exact) mass is 272 g/mol. The van der Waals surface area contributed by atoms with Gasteiger partial charge in [-0.15, -0.1) is 0 Å². The van der Waals surface area contributed by atoms with Gasteiger partial charge in [-0.05, 0) is 17.7 Å². The van der Waals surface area contributed by atoms with Crippen molar-refractivity contribution in [3.05, 3.63) is 70.0 Å². The molecular formula is C14H12N2O4. The lowest BCUT2D eigenvalue weighted by atomic mass is 10.2. The van der Waals surface area contributed by atoms with E-state index in [4.69, 9.17) is 4.42 Å². The molecule has 0 unspecified atom stereocenters. The van der Waals surface area contributed by atoms with E-state index in [1.165, 1.54) is 24.3 Å². The van der Waals surface area contributed by atoms with E-state index in [0.29, 0.717) is 6.54 Å². The lowest BCUT2D eigenvalue weighted by Gasteiger charge is -2.01. The molecule has 0 atom stereocenters. The zero-order valence-electron chi connectivity index (χ0n) is 10.5. The Balaban J connectivity index is 1.87. The number of furan rings is 1. The Kier molecular flexibility index (Phi) is 4.28. The van der Waals surface area contributed by atoms with E-state index in [2.05, 4.69) is 5.32 Å². The Hall–Kier alpha value is -2.89. The second-order valence-electron chi connectivity index (χ2n) is 3.97. The van der Waals surface area contributed by atoms with Crippen LogP contribution in [0.2, 0.25) is 0 Å². The molecule has 0 radical (unpaired) electrons. The summed E-state index contributed by atoms with van der Waals surface area (Å²) in [4.78, 5) is 21.3. The van der Waals surface area contributed by atoms with Gasteiger partial charge in [-0.3, -0.25) is 14.9 Å². The molecule has 20 heavy (non-hydrogen) atoms. The summed E-state index contributed by atoms with van der Waals surface area (Å²) in [7, 11) is 0. The van der Waals surface area contributed by atoms with Crippen LogP contribution in [-0.2, 0) is 11.3 Å². The number of carbonyl (C=O) groups excluding carboxylic acids is 1. The van der Waals surface area contributed by atoms with Crippen molar-refractivity contribution in [1.29, 1.82) is 0 Å². The molecule has 1 N–H and O–H groups in total. The number of amides is 1. The van der Waals surface area contributed by atoms with E-state index in [9.17, 15) is 14.9 Å². The maximum atomic E-state index is 11.6. The molecule has 1 aromatic carbocycles. The smallest absolute Gasteiger partial charge is 0.401 e. The summed E-state index contributed by atoms with van der Waals surface area (Å²) in [5, 5.41) is 13.1. The molecule has 6 heteroatoms. The lowest BCUT2D eigenvalue weighted by molar-refractivity contribution is -0.402. The van der Waals surface area contributed by atoms with Gasteiger partial charge in [0.05, 0.1) is 6.07 Å². The van der Waals surface area contributed by atoms with Crippen molar-refractivity contribution in [2.45, 2.75) is 6.54 Å². The first kappa shape index (κ1) is 13.5. The van der Waals surface area contributed by atoms with Gasteiger partial charge in [0, 0.05) is 12.6 Å². The first-order chi connectivity index (χ1) is 9.65. The molecule has 0 aliphatic rings.